The van der Waals surface area contributed by atoms with E-state index in [1.54, 1.807) is 0 Å². The largest absolute Gasteiger partial charge is 0.236 e. The summed E-state index contributed by atoms with van der Waals surface area (Å²) in [6, 6.07) is 16.9. The second-order valence-corrected chi connectivity index (χ2v) is 7.23. The monoisotopic (exact) mass is 394 g/mol. The summed E-state index contributed by atoms with van der Waals surface area (Å²) in [6.07, 6.45) is 10.1. The van der Waals surface area contributed by atoms with Gasteiger partial charge in [-0.3, -0.25) is 0 Å². The Hall–Kier alpha value is -2.00. The fraction of sp³-hybridized carbons (Fsp3) is 0.273. The lowest BCUT2D eigenvalue weighted by atomic mass is 10.0. The number of aromatic nitrogens is 2. The number of aryl methyl sites for hydroxylation is 1. The zero-order valence-electron chi connectivity index (χ0n) is 14.6. The highest BCUT2D eigenvalue weighted by atomic mass is 79.9. The lowest BCUT2D eigenvalue weighted by Gasteiger charge is -2.05. The molecule has 0 unspecified atom stereocenters. The standard InChI is InChI=1S/C22H23BrN2/c1-2-3-4-5-6-17-7-9-19(10-8-17)22-24-15-20(16-25-22)18-11-13-21(23)14-12-18/h7-16H,2-6H2,1H3. The molecule has 3 aromatic rings. The Bertz CT molecular complexity index is 778. The molecule has 3 heteroatoms. The molecule has 1 aromatic heterocycles. The normalized spacial score (nSPS) is 10.8. The molecule has 25 heavy (non-hydrogen) atoms. The minimum Gasteiger partial charge on any atom is -0.236 e. The first kappa shape index (κ1) is 17.8. The van der Waals surface area contributed by atoms with Crippen LogP contribution in [0.1, 0.15) is 38.2 Å². The van der Waals surface area contributed by atoms with Gasteiger partial charge in [-0.2, -0.15) is 0 Å². The van der Waals surface area contributed by atoms with Gasteiger partial charge in [-0.1, -0.05) is 78.5 Å². The van der Waals surface area contributed by atoms with E-state index in [4.69, 9.17) is 0 Å². The first-order chi connectivity index (χ1) is 12.3. The predicted octanol–water partition coefficient (Wildman–Crippen LogP) is 6.70. The molecule has 0 fully saturated rings. The van der Waals surface area contributed by atoms with Crippen LogP contribution >= 0.6 is 15.9 Å². The summed E-state index contributed by atoms with van der Waals surface area (Å²) in [7, 11) is 0. The molecule has 1 heterocycles. The summed E-state index contributed by atoms with van der Waals surface area (Å²) in [6.45, 7) is 2.25. The molecule has 2 aromatic carbocycles. The third kappa shape index (κ3) is 4.99. The molecule has 0 saturated carbocycles. The third-order valence-electron chi connectivity index (χ3n) is 4.36. The zero-order chi connectivity index (χ0) is 17.5. The highest BCUT2D eigenvalue weighted by Gasteiger charge is 2.04. The smallest absolute Gasteiger partial charge is 0.159 e. The Balaban J connectivity index is 1.66. The molecule has 0 aliphatic carbocycles. The van der Waals surface area contributed by atoms with Crippen molar-refractivity contribution in [2.75, 3.05) is 0 Å². The quantitative estimate of drug-likeness (QED) is 0.416. The maximum Gasteiger partial charge on any atom is 0.159 e. The Kier molecular flexibility index (Phi) is 6.35. The molecule has 0 bridgehead atoms. The van der Waals surface area contributed by atoms with Crippen LogP contribution in [-0.4, -0.2) is 9.97 Å². The molecule has 0 aliphatic rings. The minimum absolute atomic E-state index is 0.776. The molecule has 0 N–H and O–H groups in total. The first-order valence-electron chi connectivity index (χ1n) is 8.93. The molecule has 128 valence electrons. The van der Waals surface area contributed by atoms with Gasteiger partial charge in [0.15, 0.2) is 5.82 Å². The molecule has 0 radical (unpaired) electrons. The fourth-order valence-electron chi connectivity index (χ4n) is 2.84. The average molecular weight is 395 g/mol. The van der Waals surface area contributed by atoms with Crippen LogP contribution in [0.2, 0.25) is 0 Å². The van der Waals surface area contributed by atoms with E-state index in [-0.39, 0.29) is 0 Å². The highest BCUT2D eigenvalue weighted by Crippen LogP contribution is 2.22. The first-order valence-corrected chi connectivity index (χ1v) is 9.73. The van der Waals surface area contributed by atoms with Crippen LogP contribution in [0, 0.1) is 0 Å². The van der Waals surface area contributed by atoms with Crippen molar-refractivity contribution in [3.63, 3.8) is 0 Å². The van der Waals surface area contributed by atoms with E-state index in [0.29, 0.717) is 0 Å². The van der Waals surface area contributed by atoms with Crippen LogP contribution in [0.5, 0.6) is 0 Å². The number of unbranched alkanes of at least 4 members (excludes halogenated alkanes) is 3. The lowest BCUT2D eigenvalue weighted by molar-refractivity contribution is 0.667. The van der Waals surface area contributed by atoms with Gasteiger partial charge in [-0.05, 0) is 36.1 Å². The second kappa shape index (κ2) is 8.91. The molecule has 0 amide bonds. The highest BCUT2D eigenvalue weighted by molar-refractivity contribution is 9.10. The fourth-order valence-corrected chi connectivity index (χ4v) is 3.11. The summed E-state index contributed by atoms with van der Waals surface area (Å²) < 4.78 is 1.07. The van der Waals surface area contributed by atoms with Gasteiger partial charge in [0.25, 0.3) is 0 Å². The summed E-state index contributed by atoms with van der Waals surface area (Å²) in [5.41, 5.74) is 4.62. The maximum atomic E-state index is 4.54. The van der Waals surface area contributed by atoms with Gasteiger partial charge in [-0.15, -0.1) is 0 Å². The van der Waals surface area contributed by atoms with Crippen LogP contribution in [0.3, 0.4) is 0 Å². The molecule has 0 atom stereocenters. The van der Waals surface area contributed by atoms with Gasteiger partial charge in [0.2, 0.25) is 0 Å². The van der Waals surface area contributed by atoms with Crippen LogP contribution < -0.4 is 0 Å². The van der Waals surface area contributed by atoms with E-state index >= 15 is 0 Å². The van der Waals surface area contributed by atoms with Gasteiger partial charge in [-0.25, -0.2) is 9.97 Å². The van der Waals surface area contributed by atoms with Crippen molar-refractivity contribution in [2.24, 2.45) is 0 Å². The van der Waals surface area contributed by atoms with E-state index in [2.05, 4.69) is 69.2 Å². The second-order valence-electron chi connectivity index (χ2n) is 6.31. The summed E-state index contributed by atoms with van der Waals surface area (Å²) in [4.78, 5) is 9.08. The van der Waals surface area contributed by atoms with Crippen LogP contribution in [0.15, 0.2) is 65.4 Å². The van der Waals surface area contributed by atoms with Gasteiger partial charge < -0.3 is 0 Å². The van der Waals surface area contributed by atoms with E-state index in [9.17, 15) is 0 Å². The van der Waals surface area contributed by atoms with E-state index in [0.717, 1.165) is 33.4 Å². The molecule has 0 saturated heterocycles. The predicted molar refractivity (Wildman–Crippen MR) is 108 cm³/mol. The van der Waals surface area contributed by atoms with Crippen molar-refractivity contribution in [3.8, 4) is 22.5 Å². The number of rotatable bonds is 7. The average Bonchev–Trinajstić information content (AvgIpc) is 2.67. The van der Waals surface area contributed by atoms with Crippen molar-refractivity contribution in [3.05, 3.63) is 71.0 Å². The van der Waals surface area contributed by atoms with Crippen LogP contribution in [-0.2, 0) is 6.42 Å². The van der Waals surface area contributed by atoms with Crippen molar-refractivity contribution in [1.82, 2.24) is 9.97 Å². The Morgan fingerprint density at radius 2 is 1.36 bits per heavy atom. The molecular weight excluding hydrogens is 372 g/mol. The summed E-state index contributed by atoms with van der Waals surface area (Å²) in [5.74, 6) is 0.776. The van der Waals surface area contributed by atoms with Gasteiger partial charge in [0.05, 0.1) is 0 Å². The number of hydrogen-bond donors (Lipinski definition) is 0. The molecule has 0 aliphatic heterocycles. The number of benzene rings is 2. The SMILES string of the molecule is CCCCCCc1ccc(-c2ncc(-c3ccc(Br)cc3)cn2)cc1. The Morgan fingerprint density at radius 3 is 2.00 bits per heavy atom. The van der Waals surface area contributed by atoms with Gasteiger partial charge in [0.1, 0.15) is 0 Å². The Labute approximate surface area is 158 Å². The van der Waals surface area contributed by atoms with Crippen molar-refractivity contribution >= 4 is 15.9 Å². The summed E-state index contributed by atoms with van der Waals surface area (Å²) in [5, 5.41) is 0. The molecule has 2 nitrogen and oxygen atoms in total. The van der Waals surface area contributed by atoms with Crippen molar-refractivity contribution < 1.29 is 0 Å². The maximum absolute atomic E-state index is 4.54. The van der Waals surface area contributed by atoms with Crippen molar-refractivity contribution in [1.29, 1.82) is 0 Å². The number of nitrogens with zero attached hydrogens (tertiary/aromatic N) is 2. The minimum atomic E-state index is 0.776. The molecule has 3 rings (SSSR count). The topological polar surface area (TPSA) is 25.8 Å². The van der Waals surface area contributed by atoms with E-state index in [1.165, 1.54) is 31.2 Å². The zero-order valence-corrected chi connectivity index (χ0v) is 16.2. The van der Waals surface area contributed by atoms with E-state index < -0.39 is 0 Å². The lowest BCUT2D eigenvalue weighted by Crippen LogP contribution is -1.91. The van der Waals surface area contributed by atoms with Crippen LogP contribution in [0.25, 0.3) is 22.5 Å². The third-order valence-corrected chi connectivity index (χ3v) is 4.89. The Morgan fingerprint density at radius 1 is 0.720 bits per heavy atom. The number of halogens is 1. The molecular formula is C22H23BrN2. The van der Waals surface area contributed by atoms with E-state index in [1.807, 2.05) is 24.5 Å². The summed E-state index contributed by atoms with van der Waals surface area (Å²) >= 11 is 3.46. The van der Waals surface area contributed by atoms with Crippen molar-refractivity contribution in [2.45, 2.75) is 39.0 Å². The van der Waals surface area contributed by atoms with Gasteiger partial charge in [0, 0.05) is 28.0 Å². The van der Waals surface area contributed by atoms with Gasteiger partial charge >= 0.3 is 0 Å². The van der Waals surface area contributed by atoms with Crippen LogP contribution in [0.4, 0.5) is 0 Å². The molecule has 0 spiro atoms. The number of hydrogen-bond acceptors (Lipinski definition) is 2.